The fourth-order valence-electron chi connectivity index (χ4n) is 3.49. The van der Waals surface area contributed by atoms with Gasteiger partial charge in [-0.15, -0.1) is 0 Å². The minimum Gasteiger partial charge on any atom is -0.496 e. The highest BCUT2D eigenvalue weighted by Crippen LogP contribution is 2.51. The molecule has 3 atom stereocenters. The summed E-state index contributed by atoms with van der Waals surface area (Å²) in [5.41, 5.74) is 8.73. The third kappa shape index (κ3) is 1.65. The number of nitrogens with two attached hydrogens (primary N) is 1. The van der Waals surface area contributed by atoms with Gasteiger partial charge in [0.1, 0.15) is 11.9 Å². The van der Waals surface area contributed by atoms with E-state index in [4.69, 9.17) is 15.2 Å². The van der Waals surface area contributed by atoms with Gasteiger partial charge >= 0.3 is 0 Å². The molecule has 3 unspecified atom stereocenters. The topological polar surface area (TPSA) is 44.5 Å². The third-order valence-electron chi connectivity index (χ3n) is 4.55. The molecule has 2 fully saturated rings. The Balaban J connectivity index is 2.00. The molecule has 1 aliphatic carbocycles. The lowest BCUT2D eigenvalue weighted by Gasteiger charge is -2.30. The molecule has 1 heterocycles. The molecular formula is C15H21NO2. The minimum atomic E-state index is -0.192. The van der Waals surface area contributed by atoms with Crippen molar-refractivity contribution < 1.29 is 9.47 Å². The van der Waals surface area contributed by atoms with Crippen LogP contribution >= 0.6 is 0 Å². The second-order valence-electron chi connectivity index (χ2n) is 5.66. The molecule has 3 nitrogen and oxygen atoms in total. The number of ether oxygens (including phenoxy) is 2. The summed E-state index contributed by atoms with van der Waals surface area (Å²) >= 11 is 0. The Bertz CT molecular complexity index is 460. The van der Waals surface area contributed by atoms with Gasteiger partial charge in [0.05, 0.1) is 19.3 Å². The van der Waals surface area contributed by atoms with Gasteiger partial charge in [-0.3, -0.25) is 0 Å². The lowest BCUT2D eigenvalue weighted by molar-refractivity contribution is 0.0744. The van der Waals surface area contributed by atoms with Crippen molar-refractivity contribution in [2.24, 2.45) is 11.7 Å². The molecule has 3 rings (SSSR count). The predicted molar refractivity (Wildman–Crippen MR) is 70.7 cm³/mol. The summed E-state index contributed by atoms with van der Waals surface area (Å²) in [5.74, 6) is 1.41. The van der Waals surface area contributed by atoms with E-state index in [1.54, 1.807) is 7.11 Å². The van der Waals surface area contributed by atoms with Crippen molar-refractivity contribution in [3.05, 3.63) is 29.3 Å². The number of hydrogen-bond acceptors (Lipinski definition) is 3. The molecule has 18 heavy (non-hydrogen) atoms. The zero-order valence-corrected chi connectivity index (χ0v) is 11.1. The van der Waals surface area contributed by atoms with E-state index in [0.29, 0.717) is 5.92 Å². The fourth-order valence-corrected chi connectivity index (χ4v) is 3.49. The number of fused-ring (bicyclic) bond motifs is 1. The van der Waals surface area contributed by atoms with Gasteiger partial charge in [0.15, 0.2) is 0 Å². The largest absolute Gasteiger partial charge is 0.496 e. The summed E-state index contributed by atoms with van der Waals surface area (Å²) in [6.45, 7) is 2.86. The summed E-state index contributed by atoms with van der Waals surface area (Å²) in [5, 5.41) is 0. The Morgan fingerprint density at radius 2 is 2.28 bits per heavy atom. The first-order valence-electron chi connectivity index (χ1n) is 6.70. The van der Waals surface area contributed by atoms with Crippen molar-refractivity contribution in [1.29, 1.82) is 0 Å². The minimum absolute atomic E-state index is 0.0134. The van der Waals surface area contributed by atoms with Crippen LogP contribution in [0.1, 0.15) is 36.5 Å². The summed E-state index contributed by atoms with van der Waals surface area (Å²) in [6, 6.07) is 6.27. The molecule has 98 valence electrons. The van der Waals surface area contributed by atoms with Crippen LogP contribution in [0.4, 0.5) is 0 Å². The molecule has 0 radical (unpaired) electrons. The van der Waals surface area contributed by atoms with Gasteiger partial charge in [0.2, 0.25) is 0 Å². The van der Waals surface area contributed by atoms with E-state index in [-0.39, 0.29) is 11.6 Å². The maximum atomic E-state index is 6.62. The zero-order valence-electron chi connectivity index (χ0n) is 11.1. The van der Waals surface area contributed by atoms with E-state index in [1.165, 1.54) is 18.4 Å². The highest BCUT2D eigenvalue weighted by Gasteiger charge is 2.52. The van der Waals surface area contributed by atoms with Gasteiger partial charge in [0.25, 0.3) is 0 Å². The molecular weight excluding hydrogens is 226 g/mol. The Morgan fingerprint density at radius 3 is 3.06 bits per heavy atom. The Hall–Kier alpha value is -1.06. The van der Waals surface area contributed by atoms with Gasteiger partial charge < -0.3 is 15.2 Å². The van der Waals surface area contributed by atoms with Crippen molar-refractivity contribution in [2.45, 2.75) is 37.8 Å². The second-order valence-corrected chi connectivity index (χ2v) is 5.66. The van der Waals surface area contributed by atoms with E-state index >= 15 is 0 Å². The van der Waals surface area contributed by atoms with Crippen molar-refractivity contribution in [1.82, 2.24) is 0 Å². The summed E-state index contributed by atoms with van der Waals surface area (Å²) in [6.07, 6.45) is 3.45. The molecule has 0 bridgehead atoms. The van der Waals surface area contributed by atoms with Gasteiger partial charge in [0, 0.05) is 11.5 Å². The maximum Gasteiger partial charge on any atom is 0.125 e. The lowest BCUT2D eigenvalue weighted by Crippen LogP contribution is -2.45. The zero-order chi connectivity index (χ0) is 12.8. The number of hydrogen-bond donors (Lipinski definition) is 1. The summed E-state index contributed by atoms with van der Waals surface area (Å²) in [4.78, 5) is 0. The predicted octanol–water partition coefficient (Wildman–Crippen LogP) is 2.57. The van der Waals surface area contributed by atoms with E-state index in [0.717, 1.165) is 24.3 Å². The first-order valence-corrected chi connectivity index (χ1v) is 6.70. The summed E-state index contributed by atoms with van der Waals surface area (Å²) in [7, 11) is 1.71. The first kappa shape index (κ1) is 12.0. The number of benzene rings is 1. The van der Waals surface area contributed by atoms with Crippen LogP contribution in [-0.2, 0) is 4.74 Å². The van der Waals surface area contributed by atoms with Crippen LogP contribution in [-0.4, -0.2) is 19.3 Å². The van der Waals surface area contributed by atoms with E-state index < -0.39 is 0 Å². The number of rotatable bonds is 2. The number of aryl methyl sites for hydroxylation is 1. The molecule has 2 aliphatic rings. The monoisotopic (exact) mass is 247 g/mol. The van der Waals surface area contributed by atoms with Crippen LogP contribution in [0.2, 0.25) is 0 Å². The van der Waals surface area contributed by atoms with Crippen LogP contribution < -0.4 is 10.5 Å². The van der Waals surface area contributed by atoms with Gasteiger partial charge in [-0.05, 0) is 31.4 Å². The average molecular weight is 247 g/mol. The van der Waals surface area contributed by atoms with Gasteiger partial charge in [-0.1, -0.05) is 18.6 Å². The molecule has 1 aliphatic heterocycles. The standard InChI is InChI=1S/C15H21NO2/c1-10-5-6-12(13(8-10)17-2)14-15(16)7-3-4-11(15)9-18-14/h5-6,8,11,14H,3-4,7,9,16H2,1-2H3. The molecule has 1 aromatic carbocycles. The third-order valence-corrected chi connectivity index (χ3v) is 4.55. The van der Waals surface area contributed by atoms with Crippen molar-refractivity contribution in [2.75, 3.05) is 13.7 Å². The molecule has 3 heteroatoms. The van der Waals surface area contributed by atoms with Crippen LogP contribution in [0, 0.1) is 12.8 Å². The van der Waals surface area contributed by atoms with Crippen LogP contribution in [0.5, 0.6) is 5.75 Å². The first-order chi connectivity index (χ1) is 8.65. The smallest absolute Gasteiger partial charge is 0.125 e. The molecule has 1 saturated heterocycles. The number of methoxy groups -OCH3 is 1. The molecule has 0 aromatic heterocycles. The molecule has 1 aromatic rings. The average Bonchev–Trinajstić information content (AvgIpc) is 2.86. The van der Waals surface area contributed by atoms with Crippen molar-refractivity contribution >= 4 is 0 Å². The SMILES string of the molecule is COc1cc(C)ccc1C1OCC2CCCC21N. The highest BCUT2D eigenvalue weighted by atomic mass is 16.5. The van der Waals surface area contributed by atoms with E-state index in [1.807, 2.05) is 0 Å². The van der Waals surface area contributed by atoms with Crippen LogP contribution in [0.15, 0.2) is 18.2 Å². The Labute approximate surface area is 108 Å². The molecule has 2 N–H and O–H groups in total. The van der Waals surface area contributed by atoms with E-state index in [2.05, 4.69) is 25.1 Å². The quantitative estimate of drug-likeness (QED) is 0.873. The Morgan fingerprint density at radius 1 is 1.44 bits per heavy atom. The lowest BCUT2D eigenvalue weighted by atomic mass is 9.82. The van der Waals surface area contributed by atoms with Gasteiger partial charge in [-0.25, -0.2) is 0 Å². The maximum absolute atomic E-state index is 6.62. The van der Waals surface area contributed by atoms with Gasteiger partial charge in [-0.2, -0.15) is 0 Å². The Kier molecular flexibility index (Phi) is 2.83. The van der Waals surface area contributed by atoms with Crippen molar-refractivity contribution in [3.63, 3.8) is 0 Å². The summed E-state index contributed by atoms with van der Waals surface area (Å²) < 4.78 is 11.5. The molecule has 1 saturated carbocycles. The molecule has 0 spiro atoms. The highest BCUT2D eigenvalue weighted by molar-refractivity contribution is 5.41. The van der Waals surface area contributed by atoms with Crippen LogP contribution in [0.3, 0.4) is 0 Å². The normalized spacial score (nSPS) is 34.6. The van der Waals surface area contributed by atoms with Crippen LogP contribution in [0.25, 0.3) is 0 Å². The van der Waals surface area contributed by atoms with E-state index in [9.17, 15) is 0 Å². The second kappa shape index (κ2) is 4.25. The fraction of sp³-hybridized carbons (Fsp3) is 0.600. The molecule has 0 amide bonds. The van der Waals surface area contributed by atoms with Crippen molar-refractivity contribution in [3.8, 4) is 5.75 Å².